The summed E-state index contributed by atoms with van der Waals surface area (Å²) in [5, 5.41) is 17.0. The Balaban J connectivity index is 2.00. The average Bonchev–Trinajstić information content (AvgIpc) is 2.54. The number of rotatable bonds is 5. The first-order valence-corrected chi connectivity index (χ1v) is 7.60. The number of nitrogens with two attached hydrogens (primary N) is 1. The van der Waals surface area contributed by atoms with Crippen molar-refractivity contribution in [3.63, 3.8) is 0 Å². The lowest BCUT2D eigenvalue weighted by Crippen LogP contribution is -2.08. The summed E-state index contributed by atoms with van der Waals surface area (Å²) in [7, 11) is 0. The molecule has 0 saturated heterocycles. The van der Waals surface area contributed by atoms with E-state index in [1.54, 1.807) is 12.1 Å². The van der Waals surface area contributed by atoms with Gasteiger partial charge >= 0.3 is 5.69 Å². The van der Waals surface area contributed by atoms with Crippen molar-refractivity contribution in [2.24, 2.45) is 0 Å². The van der Waals surface area contributed by atoms with Gasteiger partial charge in [0.05, 0.1) is 4.92 Å². The molecule has 8 nitrogen and oxygen atoms in total. The second-order valence-corrected chi connectivity index (χ2v) is 5.52. The molecule has 0 atom stereocenters. The zero-order chi connectivity index (χ0) is 18.7. The monoisotopic (exact) mass is 354 g/mol. The molecular weight excluding hydrogens is 339 g/mol. The Hall–Kier alpha value is -3.75. The summed E-state index contributed by atoms with van der Waals surface area (Å²) in [5.74, 6) is -0.849. The predicted octanol–water partition coefficient (Wildman–Crippen LogP) is 3.90. The molecule has 0 aliphatic heterocycles. The molecule has 0 fully saturated rings. The van der Waals surface area contributed by atoms with E-state index in [2.05, 4.69) is 20.6 Å². The topological polar surface area (TPSA) is 119 Å². The van der Waals surface area contributed by atoms with Crippen LogP contribution in [-0.2, 0) is 0 Å². The largest absolute Gasteiger partial charge is 0.378 e. The summed E-state index contributed by atoms with van der Waals surface area (Å²) < 4.78 is 13.4. The van der Waals surface area contributed by atoms with Crippen molar-refractivity contribution >= 4 is 34.6 Å². The molecular formula is C17H15FN6O2. The van der Waals surface area contributed by atoms with Gasteiger partial charge in [0.25, 0.3) is 0 Å². The third-order valence-electron chi connectivity index (χ3n) is 3.46. The molecule has 3 rings (SSSR count). The van der Waals surface area contributed by atoms with Crippen molar-refractivity contribution in [3.8, 4) is 0 Å². The first kappa shape index (κ1) is 17.1. The highest BCUT2D eigenvalue weighted by molar-refractivity contribution is 5.75. The van der Waals surface area contributed by atoms with Crippen LogP contribution in [0.5, 0.6) is 0 Å². The minimum atomic E-state index is -0.687. The van der Waals surface area contributed by atoms with Crippen LogP contribution in [-0.4, -0.2) is 14.9 Å². The summed E-state index contributed by atoms with van der Waals surface area (Å²) in [6.07, 6.45) is 0. The molecule has 26 heavy (non-hydrogen) atoms. The van der Waals surface area contributed by atoms with Gasteiger partial charge in [-0.2, -0.15) is 9.97 Å². The van der Waals surface area contributed by atoms with Crippen molar-refractivity contribution in [3.05, 3.63) is 70.0 Å². The van der Waals surface area contributed by atoms with Crippen LogP contribution in [0.4, 0.5) is 39.0 Å². The number of anilines is 5. The van der Waals surface area contributed by atoms with E-state index in [1.165, 1.54) is 18.2 Å². The Morgan fingerprint density at radius 3 is 2.42 bits per heavy atom. The second kappa shape index (κ2) is 7.01. The lowest BCUT2D eigenvalue weighted by atomic mass is 10.2. The lowest BCUT2D eigenvalue weighted by molar-refractivity contribution is -0.383. The molecule has 0 aliphatic carbocycles. The Bertz CT molecular complexity index is 979. The van der Waals surface area contributed by atoms with Crippen LogP contribution in [0, 0.1) is 22.9 Å². The van der Waals surface area contributed by atoms with Crippen LogP contribution in [0.15, 0.2) is 48.5 Å². The highest BCUT2D eigenvalue weighted by atomic mass is 19.1. The Morgan fingerprint density at radius 1 is 1.08 bits per heavy atom. The molecule has 0 unspecified atom stereocenters. The van der Waals surface area contributed by atoms with Gasteiger partial charge in [-0.25, -0.2) is 4.39 Å². The fraction of sp³-hybridized carbons (Fsp3) is 0.0588. The molecule has 0 spiro atoms. The SMILES string of the molecule is Cc1cccc(Nc2nc(N)c([N+](=O)[O-])c(Nc3cccc(F)c3)n2)c1. The summed E-state index contributed by atoms with van der Waals surface area (Å²) in [5.41, 5.74) is 7.28. The van der Waals surface area contributed by atoms with E-state index in [4.69, 9.17) is 5.73 Å². The molecule has 0 bridgehead atoms. The number of nitro groups is 1. The maximum absolute atomic E-state index is 13.4. The maximum atomic E-state index is 13.4. The predicted molar refractivity (Wildman–Crippen MR) is 97.2 cm³/mol. The van der Waals surface area contributed by atoms with Gasteiger partial charge in [-0.15, -0.1) is 0 Å². The van der Waals surface area contributed by atoms with Crippen LogP contribution in [0.3, 0.4) is 0 Å². The van der Waals surface area contributed by atoms with Crippen molar-refractivity contribution in [1.29, 1.82) is 0 Å². The fourth-order valence-corrected chi connectivity index (χ4v) is 2.35. The molecule has 9 heteroatoms. The zero-order valence-corrected chi connectivity index (χ0v) is 13.7. The van der Waals surface area contributed by atoms with E-state index in [1.807, 2.05) is 25.1 Å². The van der Waals surface area contributed by atoms with Crippen LogP contribution in [0.2, 0.25) is 0 Å². The van der Waals surface area contributed by atoms with Gasteiger partial charge in [-0.05, 0) is 42.8 Å². The summed E-state index contributed by atoms with van der Waals surface area (Å²) >= 11 is 0. The van der Waals surface area contributed by atoms with Crippen molar-refractivity contribution in [1.82, 2.24) is 9.97 Å². The van der Waals surface area contributed by atoms with E-state index in [9.17, 15) is 14.5 Å². The smallest absolute Gasteiger partial charge is 0.353 e. The first-order chi connectivity index (χ1) is 12.4. The molecule has 4 N–H and O–H groups in total. The minimum Gasteiger partial charge on any atom is -0.378 e. The third-order valence-corrected chi connectivity index (χ3v) is 3.46. The average molecular weight is 354 g/mol. The number of nitrogen functional groups attached to an aromatic ring is 1. The molecule has 2 aromatic carbocycles. The first-order valence-electron chi connectivity index (χ1n) is 7.60. The minimum absolute atomic E-state index is 0.0811. The van der Waals surface area contributed by atoms with E-state index >= 15 is 0 Å². The number of nitrogens with one attached hydrogen (secondary N) is 2. The maximum Gasteiger partial charge on any atom is 0.353 e. The van der Waals surface area contributed by atoms with Crippen LogP contribution in [0.25, 0.3) is 0 Å². The molecule has 1 heterocycles. The summed E-state index contributed by atoms with van der Waals surface area (Å²) in [6.45, 7) is 1.92. The standard InChI is InChI=1S/C17H15FN6O2/c1-10-4-2-6-12(8-10)21-17-22-15(19)14(24(25)26)16(23-17)20-13-7-3-5-11(18)9-13/h2-9H,1H3,(H4,19,20,21,22,23). The van der Waals surface area contributed by atoms with E-state index < -0.39 is 16.4 Å². The Labute approximate surface area is 148 Å². The molecule has 3 aromatic rings. The van der Waals surface area contributed by atoms with Crippen LogP contribution in [0.1, 0.15) is 5.56 Å². The fourth-order valence-electron chi connectivity index (χ4n) is 2.35. The lowest BCUT2D eigenvalue weighted by Gasteiger charge is -2.11. The van der Waals surface area contributed by atoms with Gasteiger partial charge in [0, 0.05) is 11.4 Å². The molecule has 1 aromatic heterocycles. The van der Waals surface area contributed by atoms with Gasteiger partial charge in [-0.1, -0.05) is 18.2 Å². The van der Waals surface area contributed by atoms with Gasteiger partial charge in [0.1, 0.15) is 5.82 Å². The van der Waals surface area contributed by atoms with Crippen molar-refractivity contribution in [2.45, 2.75) is 6.92 Å². The van der Waals surface area contributed by atoms with E-state index in [0.29, 0.717) is 11.4 Å². The molecule has 0 saturated carbocycles. The van der Waals surface area contributed by atoms with Crippen LogP contribution < -0.4 is 16.4 Å². The van der Waals surface area contributed by atoms with Crippen molar-refractivity contribution in [2.75, 3.05) is 16.4 Å². The number of aryl methyl sites for hydroxylation is 1. The van der Waals surface area contributed by atoms with Crippen LogP contribution >= 0.6 is 0 Å². The highest BCUT2D eigenvalue weighted by Crippen LogP contribution is 2.32. The number of hydrogen-bond donors (Lipinski definition) is 3. The quantitative estimate of drug-likeness (QED) is 0.469. The number of hydrogen-bond acceptors (Lipinski definition) is 7. The number of benzene rings is 2. The van der Waals surface area contributed by atoms with Gasteiger partial charge in [-0.3, -0.25) is 10.1 Å². The molecule has 0 amide bonds. The highest BCUT2D eigenvalue weighted by Gasteiger charge is 2.23. The molecule has 0 aliphatic rings. The normalized spacial score (nSPS) is 10.4. The zero-order valence-electron chi connectivity index (χ0n) is 13.7. The summed E-state index contributed by atoms with van der Waals surface area (Å²) in [4.78, 5) is 18.7. The Morgan fingerprint density at radius 2 is 1.77 bits per heavy atom. The number of aromatic nitrogens is 2. The third kappa shape index (κ3) is 3.83. The Kier molecular flexibility index (Phi) is 4.61. The van der Waals surface area contributed by atoms with E-state index in [-0.39, 0.29) is 17.6 Å². The second-order valence-electron chi connectivity index (χ2n) is 5.52. The van der Waals surface area contributed by atoms with Crippen molar-refractivity contribution < 1.29 is 9.31 Å². The van der Waals surface area contributed by atoms with E-state index in [0.717, 1.165) is 5.56 Å². The number of nitrogens with zero attached hydrogens (tertiary/aromatic N) is 3. The van der Waals surface area contributed by atoms with Gasteiger partial charge in [0.15, 0.2) is 0 Å². The molecule has 132 valence electrons. The molecule has 0 radical (unpaired) electrons. The van der Waals surface area contributed by atoms with Gasteiger partial charge in [0.2, 0.25) is 17.6 Å². The van der Waals surface area contributed by atoms with Gasteiger partial charge < -0.3 is 16.4 Å². The summed E-state index contributed by atoms with van der Waals surface area (Å²) in [6, 6.07) is 12.9. The number of halogens is 1.